The van der Waals surface area contributed by atoms with E-state index in [9.17, 15) is 9.59 Å². The van der Waals surface area contributed by atoms with Crippen LogP contribution in [0.1, 0.15) is 33.7 Å². The van der Waals surface area contributed by atoms with Gasteiger partial charge in [0, 0.05) is 23.9 Å². The van der Waals surface area contributed by atoms with Gasteiger partial charge in [0.25, 0.3) is 0 Å². The van der Waals surface area contributed by atoms with Crippen molar-refractivity contribution in [3.05, 3.63) is 88.5 Å². The smallest absolute Gasteiger partial charge is 0.243 e. The number of para-hydroxylation sites is 2. The van der Waals surface area contributed by atoms with Crippen molar-refractivity contribution in [1.82, 2.24) is 4.90 Å². The first kappa shape index (κ1) is 20.7. The molecule has 0 unspecified atom stereocenters. The van der Waals surface area contributed by atoms with Gasteiger partial charge < -0.3 is 15.0 Å². The van der Waals surface area contributed by atoms with E-state index in [-0.39, 0.29) is 18.4 Å². The van der Waals surface area contributed by atoms with Crippen molar-refractivity contribution in [1.29, 1.82) is 0 Å². The average Bonchev–Trinajstić information content (AvgIpc) is 2.74. The summed E-state index contributed by atoms with van der Waals surface area (Å²) in [4.78, 5) is 27.7. The minimum atomic E-state index is -0.512. The molecular weight excluding hydrogens is 388 g/mol. The van der Waals surface area contributed by atoms with Crippen molar-refractivity contribution >= 4 is 17.5 Å². The Hall–Kier alpha value is -3.60. The second-order valence-electron chi connectivity index (χ2n) is 8.13. The standard InChI is InChI=1S/C26H26N2O3/c1-16-13-17(2)25(18(3)14-16)27-23(29)15-28(4)26(30)24-19-9-5-7-11-21(19)31-22-12-8-6-10-20(22)24/h5-14,24H,15H2,1-4H3,(H,27,29). The van der Waals surface area contributed by atoms with E-state index in [1.807, 2.05) is 81.4 Å². The van der Waals surface area contributed by atoms with E-state index < -0.39 is 5.92 Å². The fourth-order valence-electron chi connectivity index (χ4n) is 4.25. The van der Waals surface area contributed by atoms with Crippen molar-refractivity contribution in [3.8, 4) is 11.5 Å². The predicted octanol–water partition coefficient (Wildman–Crippen LogP) is 4.95. The number of rotatable bonds is 4. The molecule has 3 aromatic rings. The number of nitrogens with one attached hydrogen (secondary N) is 1. The maximum Gasteiger partial charge on any atom is 0.243 e. The minimum absolute atomic E-state index is 0.0344. The molecule has 0 saturated heterocycles. The summed E-state index contributed by atoms with van der Waals surface area (Å²) in [5.74, 6) is 0.462. The maximum atomic E-state index is 13.5. The Morgan fingerprint density at radius 1 is 0.903 bits per heavy atom. The normalized spacial score (nSPS) is 12.4. The zero-order chi connectivity index (χ0) is 22.1. The lowest BCUT2D eigenvalue weighted by Crippen LogP contribution is -2.39. The number of hydrogen-bond donors (Lipinski definition) is 1. The summed E-state index contributed by atoms with van der Waals surface area (Å²) in [7, 11) is 1.66. The lowest BCUT2D eigenvalue weighted by Gasteiger charge is -2.30. The maximum absolute atomic E-state index is 13.5. The quantitative estimate of drug-likeness (QED) is 0.657. The fourth-order valence-corrected chi connectivity index (χ4v) is 4.25. The molecule has 0 spiro atoms. The number of carbonyl (C=O) groups is 2. The molecular formula is C26H26N2O3. The molecule has 1 N–H and O–H groups in total. The molecule has 0 aromatic heterocycles. The summed E-state index contributed by atoms with van der Waals surface area (Å²) in [5.41, 5.74) is 5.59. The number of nitrogens with zero attached hydrogens (tertiary/aromatic N) is 1. The van der Waals surface area contributed by atoms with Crippen molar-refractivity contribution in [2.24, 2.45) is 0 Å². The third-order valence-electron chi connectivity index (χ3n) is 5.63. The topological polar surface area (TPSA) is 58.6 Å². The third kappa shape index (κ3) is 4.04. The first-order valence-corrected chi connectivity index (χ1v) is 10.3. The van der Waals surface area contributed by atoms with Crippen molar-refractivity contribution in [3.63, 3.8) is 0 Å². The number of carbonyl (C=O) groups excluding carboxylic acids is 2. The number of aryl methyl sites for hydroxylation is 3. The van der Waals surface area contributed by atoms with Crippen molar-refractivity contribution < 1.29 is 14.3 Å². The highest BCUT2D eigenvalue weighted by Crippen LogP contribution is 2.44. The molecule has 3 aromatic carbocycles. The van der Waals surface area contributed by atoms with Gasteiger partial charge in [-0.2, -0.15) is 0 Å². The van der Waals surface area contributed by atoms with Gasteiger partial charge in [0.15, 0.2) is 0 Å². The molecule has 4 rings (SSSR count). The highest BCUT2D eigenvalue weighted by atomic mass is 16.5. The Bertz CT molecular complexity index is 1100. The summed E-state index contributed by atoms with van der Waals surface area (Å²) < 4.78 is 5.98. The number of ether oxygens (including phenoxy) is 1. The zero-order valence-corrected chi connectivity index (χ0v) is 18.2. The van der Waals surface area contributed by atoms with E-state index in [4.69, 9.17) is 4.74 Å². The van der Waals surface area contributed by atoms with E-state index in [1.54, 1.807) is 7.05 Å². The van der Waals surface area contributed by atoms with E-state index in [0.717, 1.165) is 33.5 Å². The number of amides is 2. The fraction of sp³-hybridized carbons (Fsp3) is 0.231. The Morgan fingerprint density at radius 3 is 1.97 bits per heavy atom. The number of anilines is 1. The van der Waals surface area contributed by atoms with Crippen LogP contribution in [0.5, 0.6) is 11.5 Å². The molecule has 1 aliphatic rings. The van der Waals surface area contributed by atoms with Crippen LogP contribution in [-0.2, 0) is 9.59 Å². The van der Waals surface area contributed by atoms with Gasteiger partial charge in [-0.1, -0.05) is 54.1 Å². The van der Waals surface area contributed by atoms with Crippen LogP contribution in [0.25, 0.3) is 0 Å². The Kier molecular flexibility index (Phi) is 5.51. The molecule has 0 atom stereocenters. The van der Waals surface area contributed by atoms with Gasteiger partial charge in [-0.05, 0) is 44.0 Å². The van der Waals surface area contributed by atoms with Gasteiger partial charge in [0.2, 0.25) is 11.8 Å². The van der Waals surface area contributed by atoms with Crippen LogP contribution < -0.4 is 10.1 Å². The molecule has 158 valence electrons. The third-order valence-corrected chi connectivity index (χ3v) is 5.63. The average molecular weight is 415 g/mol. The van der Waals surface area contributed by atoms with Gasteiger partial charge in [-0.3, -0.25) is 9.59 Å². The number of likely N-dealkylation sites (N-methyl/N-ethyl adjacent to an activating group) is 1. The largest absolute Gasteiger partial charge is 0.457 e. The van der Waals surface area contributed by atoms with Gasteiger partial charge in [-0.15, -0.1) is 0 Å². The Balaban J connectivity index is 1.56. The van der Waals surface area contributed by atoms with E-state index in [1.165, 1.54) is 4.90 Å². The molecule has 31 heavy (non-hydrogen) atoms. The van der Waals surface area contributed by atoms with Gasteiger partial charge in [0.1, 0.15) is 11.5 Å². The molecule has 5 heteroatoms. The molecule has 5 nitrogen and oxygen atoms in total. The van der Waals surface area contributed by atoms with E-state index in [0.29, 0.717) is 11.5 Å². The molecule has 0 fully saturated rings. The lowest BCUT2D eigenvalue weighted by atomic mass is 9.87. The number of hydrogen-bond acceptors (Lipinski definition) is 3. The summed E-state index contributed by atoms with van der Waals surface area (Å²) >= 11 is 0. The van der Waals surface area contributed by atoms with Gasteiger partial charge in [0.05, 0.1) is 12.5 Å². The highest BCUT2D eigenvalue weighted by Gasteiger charge is 2.34. The van der Waals surface area contributed by atoms with Gasteiger partial charge in [-0.25, -0.2) is 0 Å². The van der Waals surface area contributed by atoms with Crippen LogP contribution in [0.4, 0.5) is 5.69 Å². The lowest BCUT2D eigenvalue weighted by molar-refractivity contribution is -0.134. The van der Waals surface area contributed by atoms with Crippen LogP contribution in [0.3, 0.4) is 0 Å². The first-order chi connectivity index (χ1) is 14.8. The molecule has 2 amide bonds. The van der Waals surface area contributed by atoms with Crippen LogP contribution >= 0.6 is 0 Å². The highest BCUT2D eigenvalue weighted by molar-refractivity contribution is 5.97. The van der Waals surface area contributed by atoms with E-state index in [2.05, 4.69) is 5.32 Å². The van der Waals surface area contributed by atoms with Crippen molar-refractivity contribution in [2.45, 2.75) is 26.7 Å². The minimum Gasteiger partial charge on any atom is -0.457 e. The predicted molar refractivity (Wildman–Crippen MR) is 122 cm³/mol. The van der Waals surface area contributed by atoms with Crippen molar-refractivity contribution in [2.75, 3.05) is 18.9 Å². The molecule has 0 saturated carbocycles. The zero-order valence-electron chi connectivity index (χ0n) is 18.2. The molecule has 0 bridgehead atoms. The second-order valence-corrected chi connectivity index (χ2v) is 8.13. The number of benzene rings is 3. The molecule has 1 aliphatic heterocycles. The van der Waals surface area contributed by atoms with Crippen LogP contribution in [-0.4, -0.2) is 30.3 Å². The summed E-state index contributed by atoms with van der Waals surface area (Å²) in [6, 6.07) is 19.2. The Labute approximate surface area is 182 Å². The second kappa shape index (κ2) is 8.26. The van der Waals surface area contributed by atoms with Crippen LogP contribution in [0.15, 0.2) is 60.7 Å². The first-order valence-electron chi connectivity index (χ1n) is 10.3. The Morgan fingerprint density at radius 2 is 1.42 bits per heavy atom. The van der Waals surface area contributed by atoms with Crippen LogP contribution in [0, 0.1) is 20.8 Å². The summed E-state index contributed by atoms with van der Waals surface area (Å²) in [5, 5.41) is 2.98. The van der Waals surface area contributed by atoms with Gasteiger partial charge >= 0.3 is 0 Å². The molecule has 0 radical (unpaired) electrons. The van der Waals surface area contributed by atoms with Crippen LogP contribution in [0.2, 0.25) is 0 Å². The SMILES string of the molecule is Cc1cc(C)c(NC(=O)CN(C)C(=O)C2c3ccccc3Oc3ccccc32)c(C)c1. The number of fused-ring (bicyclic) bond motifs is 2. The monoisotopic (exact) mass is 414 g/mol. The van der Waals surface area contributed by atoms with E-state index >= 15 is 0 Å². The summed E-state index contributed by atoms with van der Waals surface area (Å²) in [6.07, 6.45) is 0. The molecule has 1 heterocycles. The summed E-state index contributed by atoms with van der Waals surface area (Å²) in [6.45, 7) is 5.94. The molecule has 0 aliphatic carbocycles.